The van der Waals surface area contributed by atoms with Gasteiger partial charge in [0, 0.05) is 24.9 Å². The van der Waals surface area contributed by atoms with Crippen LogP contribution in [0.15, 0.2) is 42.6 Å². The normalized spacial score (nSPS) is 10.3. The van der Waals surface area contributed by atoms with Crippen LogP contribution in [0.4, 0.5) is 0 Å². The molecule has 1 heterocycles. The summed E-state index contributed by atoms with van der Waals surface area (Å²) < 4.78 is 11.1. The largest absolute Gasteiger partial charge is 0.493 e. The number of hydrogen-bond acceptors (Lipinski definition) is 4. The van der Waals surface area contributed by atoms with Gasteiger partial charge in [0.25, 0.3) is 0 Å². The van der Waals surface area contributed by atoms with Gasteiger partial charge in [-0.3, -0.25) is 4.98 Å². The molecule has 2 aromatic rings. The number of pyridine rings is 1. The zero-order valence-corrected chi connectivity index (χ0v) is 11.9. The molecule has 0 aliphatic carbocycles. The van der Waals surface area contributed by atoms with Crippen LogP contribution in [0.3, 0.4) is 0 Å². The van der Waals surface area contributed by atoms with Crippen LogP contribution in [-0.2, 0) is 13.0 Å². The van der Waals surface area contributed by atoms with Crippen molar-refractivity contribution >= 4 is 0 Å². The van der Waals surface area contributed by atoms with E-state index < -0.39 is 0 Å². The van der Waals surface area contributed by atoms with E-state index in [0.29, 0.717) is 6.61 Å². The number of nitrogens with zero attached hydrogens (tertiary/aromatic N) is 1. The molecule has 0 aliphatic rings. The predicted octanol–water partition coefficient (Wildman–Crippen LogP) is 2.43. The fourth-order valence-electron chi connectivity index (χ4n) is 1.96. The molecule has 0 saturated carbocycles. The molecule has 106 valence electrons. The first-order valence-electron chi connectivity index (χ1n) is 6.67. The first kappa shape index (κ1) is 14.3. The molecule has 1 N–H and O–H groups in total. The fourth-order valence-corrected chi connectivity index (χ4v) is 1.96. The average molecular weight is 272 g/mol. The van der Waals surface area contributed by atoms with E-state index in [1.165, 1.54) is 5.56 Å². The second-order valence-corrected chi connectivity index (χ2v) is 4.44. The van der Waals surface area contributed by atoms with Gasteiger partial charge in [-0.1, -0.05) is 12.1 Å². The third kappa shape index (κ3) is 3.96. The van der Waals surface area contributed by atoms with Crippen LogP contribution in [0.2, 0.25) is 0 Å². The molecule has 0 bridgehead atoms. The van der Waals surface area contributed by atoms with E-state index in [2.05, 4.69) is 10.3 Å². The maximum absolute atomic E-state index is 5.83. The minimum absolute atomic E-state index is 0.580. The molecule has 0 aliphatic heterocycles. The molecule has 20 heavy (non-hydrogen) atoms. The summed E-state index contributed by atoms with van der Waals surface area (Å²) >= 11 is 0. The van der Waals surface area contributed by atoms with Gasteiger partial charge in [0.2, 0.25) is 0 Å². The molecular weight excluding hydrogens is 252 g/mol. The third-order valence-corrected chi connectivity index (χ3v) is 2.95. The maximum atomic E-state index is 5.83. The molecule has 4 heteroatoms. The van der Waals surface area contributed by atoms with E-state index in [4.69, 9.17) is 9.47 Å². The standard InChI is InChI=1S/C16H20N2O2/c1-17-12-13-6-7-15(19-2)16(11-13)20-10-8-14-5-3-4-9-18-14/h3-7,9,11,17H,8,10,12H2,1-2H3. The second-order valence-electron chi connectivity index (χ2n) is 4.44. The van der Waals surface area contributed by atoms with Crippen molar-refractivity contribution in [3.63, 3.8) is 0 Å². The Labute approximate surface area is 119 Å². The molecule has 0 amide bonds. The van der Waals surface area contributed by atoms with Crippen LogP contribution in [0.1, 0.15) is 11.3 Å². The molecule has 0 atom stereocenters. The Morgan fingerprint density at radius 3 is 2.75 bits per heavy atom. The predicted molar refractivity (Wildman–Crippen MR) is 79.2 cm³/mol. The highest BCUT2D eigenvalue weighted by atomic mass is 16.5. The summed E-state index contributed by atoms with van der Waals surface area (Å²) in [5.74, 6) is 1.53. The van der Waals surface area contributed by atoms with Gasteiger partial charge in [-0.2, -0.15) is 0 Å². The average Bonchev–Trinajstić information content (AvgIpc) is 2.49. The minimum atomic E-state index is 0.580. The molecule has 0 spiro atoms. The van der Waals surface area contributed by atoms with Crippen molar-refractivity contribution < 1.29 is 9.47 Å². The first-order chi connectivity index (χ1) is 9.83. The van der Waals surface area contributed by atoms with Gasteiger partial charge < -0.3 is 14.8 Å². The number of methoxy groups -OCH3 is 1. The Hall–Kier alpha value is -2.07. The summed E-state index contributed by atoms with van der Waals surface area (Å²) in [6.07, 6.45) is 2.57. The maximum Gasteiger partial charge on any atom is 0.161 e. The lowest BCUT2D eigenvalue weighted by Gasteiger charge is -2.12. The van der Waals surface area contributed by atoms with Crippen LogP contribution in [0.5, 0.6) is 11.5 Å². The van der Waals surface area contributed by atoms with E-state index in [9.17, 15) is 0 Å². The van der Waals surface area contributed by atoms with E-state index in [-0.39, 0.29) is 0 Å². The molecule has 2 rings (SSSR count). The highest BCUT2D eigenvalue weighted by Gasteiger charge is 2.06. The highest BCUT2D eigenvalue weighted by Crippen LogP contribution is 2.28. The zero-order chi connectivity index (χ0) is 14.2. The Morgan fingerprint density at radius 2 is 2.05 bits per heavy atom. The van der Waals surface area contributed by atoms with E-state index in [1.54, 1.807) is 13.3 Å². The third-order valence-electron chi connectivity index (χ3n) is 2.95. The molecule has 4 nitrogen and oxygen atoms in total. The van der Waals surface area contributed by atoms with Crippen molar-refractivity contribution in [3.05, 3.63) is 53.9 Å². The number of aromatic nitrogens is 1. The first-order valence-corrected chi connectivity index (χ1v) is 6.67. The Balaban J connectivity index is 1.98. The van der Waals surface area contributed by atoms with Crippen LogP contribution in [-0.4, -0.2) is 25.7 Å². The fraction of sp³-hybridized carbons (Fsp3) is 0.312. The summed E-state index contributed by atoms with van der Waals surface area (Å²) in [6.45, 7) is 1.39. The lowest BCUT2D eigenvalue weighted by atomic mass is 10.2. The van der Waals surface area contributed by atoms with Gasteiger partial charge in [0.15, 0.2) is 11.5 Å². The number of benzene rings is 1. The Kier molecular flexibility index (Phi) is 5.38. The van der Waals surface area contributed by atoms with Gasteiger partial charge in [-0.15, -0.1) is 0 Å². The molecule has 0 fully saturated rings. The van der Waals surface area contributed by atoms with Crippen LogP contribution >= 0.6 is 0 Å². The van der Waals surface area contributed by atoms with Crippen molar-refractivity contribution in [2.24, 2.45) is 0 Å². The smallest absolute Gasteiger partial charge is 0.161 e. The number of nitrogens with one attached hydrogen (secondary N) is 1. The van der Waals surface area contributed by atoms with Crippen LogP contribution < -0.4 is 14.8 Å². The number of hydrogen-bond donors (Lipinski definition) is 1. The van der Waals surface area contributed by atoms with Crippen molar-refractivity contribution in [1.29, 1.82) is 0 Å². The summed E-state index contributed by atoms with van der Waals surface area (Å²) in [5.41, 5.74) is 2.19. The molecule has 0 saturated heterocycles. The Bertz CT molecular complexity index is 529. The monoisotopic (exact) mass is 272 g/mol. The number of ether oxygens (including phenoxy) is 2. The minimum Gasteiger partial charge on any atom is -0.493 e. The molecule has 1 aromatic carbocycles. The molecule has 0 radical (unpaired) electrons. The van der Waals surface area contributed by atoms with Gasteiger partial charge in [-0.25, -0.2) is 0 Å². The SMILES string of the molecule is CNCc1ccc(OC)c(OCCc2ccccn2)c1. The summed E-state index contributed by atoms with van der Waals surface area (Å²) in [6, 6.07) is 11.9. The quantitative estimate of drug-likeness (QED) is 0.840. The molecular formula is C16H20N2O2. The lowest BCUT2D eigenvalue weighted by molar-refractivity contribution is 0.296. The van der Waals surface area contributed by atoms with Crippen molar-refractivity contribution in [3.8, 4) is 11.5 Å². The second kappa shape index (κ2) is 7.50. The van der Waals surface area contributed by atoms with E-state index in [1.807, 2.05) is 43.4 Å². The van der Waals surface area contributed by atoms with Crippen molar-refractivity contribution in [2.75, 3.05) is 20.8 Å². The van der Waals surface area contributed by atoms with Crippen LogP contribution in [0, 0.1) is 0 Å². The highest BCUT2D eigenvalue weighted by molar-refractivity contribution is 5.43. The molecule has 1 aromatic heterocycles. The topological polar surface area (TPSA) is 43.4 Å². The zero-order valence-electron chi connectivity index (χ0n) is 11.9. The van der Waals surface area contributed by atoms with Gasteiger partial charge in [0.1, 0.15) is 0 Å². The summed E-state index contributed by atoms with van der Waals surface area (Å²) in [4.78, 5) is 4.28. The van der Waals surface area contributed by atoms with Crippen molar-refractivity contribution in [2.45, 2.75) is 13.0 Å². The van der Waals surface area contributed by atoms with Crippen LogP contribution in [0.25, 0.3) is 0 Å². The molecule has 0 unspecified atom stereocenters. The lowest BCUT2D eigenvalue weighted by Crippen LogP contribution is -2.07. The van der Waals surface area contributed by atoms with E-state index in [0.717, 1.165) is 30.2 Å². The Morgan fingerprint density at radius 1 is 1.15 bits per heavy atom. The van der Waals surface area contributed by atoms with Gasteiger partial charge in [0.05, 0.1) is 13.7 Å². The number of rotatable bonds is 7. The van der Waals surface area contributed by atoms with E-state index >= 15 is 0 Å². The summed E-state index contributed by atoms with van der Waals surface area (Å²) in [7, 11) is 3.57. The van der Waals surface area contributed by atoms with Gasteiger partial charge >= 0.3 is 0 Å². The van der Waals surface area contributed by atoms with Crippen molar-refractivity contribution in [1.82, 2.24) is 10.3 Å². The van der Waals surface area contributed by atoms with Gasteiger partial charge in [-0.05, 0) is 36.9 Å². The summed E-state index contributed by atoms with van der Waals surface area (Å²) in [5, 5.41) is 3.12.